The number of benzene rings is 2. The number of hydrogen-bond donors (Lipinski definition) is 2. The molecule has 2 aromatic carbocycles. The van der Waals surface area contributed by atoms with Gasteiger partial charge in [0, 0.05) is 5.56 Å². The van der Waals surface area contributed by atoms with Crippen molar-refractivity contribution in [2.45, 2.75) is 38.1 Å². The molecule has 0 aromatic heterocycles. The molecule has 0 saturated heterocycles. The largest absolute Gasteiger partial charge is 0.345 e. The van der Waals surface area contributed by atoms with Gasteiger partial charge in [0.2, 0.25) is 10.0 Å². The van der Waals surface area contributed by atoms with Crippen molar-refractivity contribution in [1.82, 2.24) is 5.32 Å². The first-order valence-electron chi connectivity index (χ1n) is 8.17. The molecule has 0 unspecified atom stereocenters. The van der Waals surface area contributed by atoms with Gasteiger partial charge in [-0.2, -0.15) is 0 Å². The number of carbonyl (C=O) groups is 1. The van der Waals surface area contributed by atoms with Gasteiger partial charge in [-0.25, -0.2) is 13.6 Å². The van der Waals surface area contributed by atoms with Crippen LogP contribution in [0.3, 0.4) is 0 Å². The molecule has 25 heavy (non-hydrogen) atoms. The Morgan fingerprint density at radius 3 is 2.32 bits per heavy atom. The summed E-state index contributed by atoms with van der Waals surface area (Å²) in [6.07, 6.45) is 0.781. The number of hydrogen-bond acceptors (Lipinski definition) is 3. The second kappa shape index (κ2) is 7.80. The molecule has 6 heteroatoms. The van der Waals surface area contributed by atoms with Crippen molar-refractivity contribution in [2.75, 3.05) is 0 Å². The summed E-state index contributed by atoms with van der Waals surface area (Å²) >= 11 is 0. The number of rotatable bonds is 6. The van der Waals surface area contributed by atoms with E-state index in [1.165, 1.54) is 12.1 Å². The van der Waals surface area contributed by atoms with Gasteiger partial charge in [0.1, 0.15) is 0 Å². The van der Waals surface area contributed by atoms with Crippen molar-refractivity contribution in [2.24, 2.45) is 11.1 Å². The summed E-state index contributed by atoms with van der Waals surface area (Å²) in [4.78, 5) is 12.7. The van der Waals surface area contributed by atoms with E-state index in [0.29, 0.717) is 17.0 Å². The first kappa shape index (κ1) is 19.1. The van der Waals surface area contributed by atoms with E-state index in [-0.39, 0.29) is 16.8 Å². The van der Waals surface area contributed by atoms with Crippen molar-refractivity contribution in [1.29, 1.82) is 0 Å². The highest BCUT2D eigenvalue weighted by atomic mass is 32.2. The maximum Gasteiger partial charge on any atom is 0.252 e. The summed E-state index contributed by atoms with van der Waals surface area (Å²) in [5, 5.41) is 8.20. The van der Waals surface area contributed by atoms with Crippen molar-refractivity contribution in [3.63, 3.8) is 0 Å². The molecule has 0 spiro atoms. The fourth-order valence-corrected chi connectivity index (χ4v) is 3.23. The zero-order valence-corrected chi connectivity index (χ0v) is 15.5. The molecule has 2 rings (SSSR count). The molecule has 2 aromatic rings. The van der Waals surface area contributed by atoms with E-state index >= 15 is 0 Å². The van der Waals surface area contributed by atoms with E-state index in [1.54, 1.807) is 13.0 Å². The zero-order valence-electron chi connectivity index (χ0n) is 14.7. The normalized spacial score (nSPS) is 12.8. The number of primary sulfonamides is 1. The molecule has 3 N–H and O–H groups in total. The molecule has 5 nitrogen and oxygen atoms in total. The first-order valence-corrected chi connectivity index (χ1v) is 9.72. The molecular weight excluding hydrogens is 336 g/mol. The number of carbonyl (C=O) groups excluding carboxylic acids is 1. The quantitative estimate of drug-likeness (QED) is 0.829. The maximum atomic E-state index is 12.8. The molecule has 0 saturated carbocycles. The number of amides is 1. The van der Waals surface area contributed by atoms with Gasteiger partial charge < -0.3 is 5.32 Å². The van der Waals surface area contributed by atoms with E-state index < -0.39 is 10.0 Å². The van der Waals surface area contributed by atoms with Crippen molar-refractivity contribution >= 4 is 15.9 Å². The molecule has 134 valence electrons. The van der Waals surface area contributed by atoms with Crippen molar-refractivity contribution in [3.05, 3.63) is 65.2 Å². The minimum atomic E-state index is -3.86. The molecular formula is C19H24N2O3S. The number of aryl methyl sites for hydroxylation is 1. The van der Waals surface area contributed by atoms with Crippen LogP contribution >= 0.6 is 0 Å². The lowest BCUT2D eigenvalue weighted by molar-refractivity contribution is 0.0931. The van der Waals surface area contributed by atoms with Gasteiger partial charge in [0.05, 0.1) is 10.9 Å². The van der Waals surface area contributed by atoms with Crippen LogP contribution < -0.4 is 10.5 Å². The molecule has 1 atom stereocenters. The van der Waals surface area contributed by atoms with E-state index in [0.717, 1.165) is 12.0 Å². The van der Waals surface area contributed by atoms with Crippen LogP contribution in [0.1, 0.15) is 47.8 Å². The van der Waals surface area contributed by atoms with E-state index in [2.05, 4.69) is 19.2 Å². The molecule has 0 aliphatic carbocycles. The number of sulfonamides is 1. The molecule has 0 fully saturated rings. The average Bonchev–Trinajstić information content (AvgIpc) is 2.53. The second-order valence-electron chi connectivity index (χ2n) is 6.59. The van der Waals surface area contributed by atoms with Gasteiger partial charge in [-0.3, -0.25) is 4.79 Å². The maximum absolute atomic E-state index is 12.8. The van der Waals surface area contributed by atoms with Crippen LogP contribution in [0.5, 0.6) is 0 Å². The van der Waals surface area contributed by atoms with Crippen LogP contribution in [0.4, 0.5) is 0 Å². The van der Waals surface area contributed by atoms with Gasteiger partial charge in [-0.05, 0) is 42.5 Å². The summed E-state index contributed by atoms with van der Waals surface area (Å²) < 4.78 is 23.1. The average molecular weight is 360 g/mol. The SMILES string of the molecule is Cc1ccc(S(N)(=O)=O)cc1C(=O)N[C@H](CC(C)C)c1ccccc1. The predicted molar refractivity (Wildman–Crippen MR) is 98.7 cm³/mol. The third kappa shape index (κ3) is 5.14. The van der Waals surface area contributed by atoms with Gasteiger partial charge in [-0.1, -0.05) is 50.2 Å². The van der Waals surface area contributed by atoms with Crippen LogP contribution in [-0.2, 0) is 10.0 Å². The highest BCUT2D eigenvalue weighted by molar-refractivity contribution is 7.89. The summed E-state index contributed by atoms with van der Waals surface area (Å²) in [6.45, 7) is 5.95. The second-order valence-corrected chi connectivity index (χ2v) is 8.15. The Morgan fingerprint density at radius 2 is 1.76 bits per heavy atom. The standard InChI is InChI=1S/C19H24N2O3S/c1-13(2)11-18(15-7-5-4-6-8-15)21-19(22)17-12-16(25(20,23)24)10-9-14(17)3/h4-10,12-13,18H,11H2,1-3H3,(H,21,22)(H2,20,23,24)/t18-/m1/s1. The fourth-order valence-electron chi connectivity index (χ4n) is 2.69. The Bertz CT molecular complexity index is 846. The van der Waals surface area contributed by atoms with Gasteiger partial charge in [0.15, 0.2) is 0 Å². The monoisotopic (exact) mass is 360 g/mol. The van der Waals surface area contributed by atoms with E-state index in [1.807, 2.05) is 30.3 Å². The van der Waals surface area contributed by atoms with Crippen LogP contribution in [0.2, 0.25) is 0 Å². The highest BCUT2D eigenvalue weighted by Gasteiger charge is 2.20. The number of nitrogens with one attached hydrogen (secondary N) is 1. The lowest BCUT2D eigenvalue weighted by Crippen LogP contribution is -2.30. The third-order valence-corrected chi connectivity index (χ3v) is 4.91. The minimum absolute atomic E-state index is 0.0663. The summed E-state index contributed by atoms with van der Waals surface area (Å²) in [5.41, 5.74) is 2.03. The fraction of sp³-hybridized carbons (Fsp3) is 0.316. The molecule has 0 heterocycles. The van der Waals surface area contributed by atoms with Crippen molar-refractivity contribution in [3.8, 4) is 0 Å². The zero-order chi connectivity index (χ0) is 18.6. The molecule has 0 aliphatic rings. The Morgan fingerprint density at radius 1 is 1.12 bits per heavy atom. The predicted octanol–water partition coefficient (Wildman–Crippen LogP) is 3.16. The lowest BCUT2D eigenvalue weighted by atomic mass is 9.96. The summed E-state index contributed by atoms with van der Waals surface area (Å²) in [7, 11) is -3.86. The Balaban J connectivity index is 2.32. The molecule has 0 radical (unpaired) electrons. The minimum Gasteiger partial charge on any atom is -0.345 e. The Labute approximate surface area is 149 Å². The molecule has 0 aliphatic heterocycles. The topological polar surface area (TPSA) is 89.3 Å². The van der Waals surface area contributed by atoms with Crippen LogP contribution in [0.25, 0.3) is 0 Å². The summed E-state index contributed by atoms with van der Waals surface area (Å²) in [6, 6.07) is 13.9. The van der Waals surface area contributed by atoms with Gasteiger partial charge in [-0.15, -0.1) is 0 Å². The smallest absolute Gasteiger partial charge is 0.252 e. The molecule has 1 amide bonds. The summed E-state index contributed by atoms with van der Waals surface area (Å²) in [5.74, 6) is 0.0832. The van der Waals surface area contributed by atoms with Gasteiger partial charge >= 0.3 is 0 Å². The van der Waals surface area contributed by atoms with Crippen LogP contribution in [0.15, 0.2) is 53.4 Å². The van der Waals surface area contributed by atoms with E-state index in [4.69, 9.17) is 5.14 Å². The molecule has 0 bridgehead atoms. The van der Waals surface area contributed by atoms with Crippen LogP contribution in [0, 0.1) is 12.8 Å². The first-order chi connectivity index (χ1) is 11.7. The van der Waals surface area contributed by atoms with E-state index in [9.17, 15) is 13.2 Å². The Hall–Kier alpha value is -2.18. The Kier molecular flexibility index (Phi) is 5.98. The highest BCUT2D eigenvalue weighted by Crippen LogP contribution is 2.23. The third-order valence-electron chi connectivity index (χ3n) is 4.00. The van der Waals surface area contributed by atoms with Gasteiger partial charge in [0.25, 0.3) is 5.91 Å². The number of nitrogens with two attached hydrogens (primary N) is 1. The van der Waals surface area contributed by atoms with Crippen LogP contribution in [-0.4, -0.2) is 14.3 Å². The lowest BCUT2D eigenvalue weighted by Gasteiger charge is -2.22. The van der Waals surface area contributed by atoms with Crippen molar-refractivity contribution < 1.29 is 13.2 Å².